The number of hydrogen-bond donors (Lipinski definition) is 1. The summed E-state index contributed by atoms with van der Waals surface area (Å²) in [5, 5.41) is 3.36. The second kappa shape index (κ2) is 9.28. The second-order valence-electron chi connectivity index (χ2n) is 12.1. The van der Waals surface area contributed by atoms with Crippen molar-refractivity contribution in [3.8, 4) is 11.1 Å². The van der Waals surface area contributed by atoms with Gasteiger partial charge >= 0.3 is 17.9 Å². The molecule has 3 aromatic rings. The first kappa shape index (κ1) is 24.8. The fraction of sp³-hybridized carbons (Fsp3) is 0.382. The number of ether oxygens (including phenoxy) is 3. The summed E-state index contributed by atoms with van der Waals surface area (Å²) in [5.41, 5.74) is 4.09. The van der Waals surface area contributed by atoms with E-state index in [1.54, 1.807) is 0 Å². The van der Waals surface area contributed by atoms with Crippen LogP contribution in [0.25, 0.3) is 11.1 Å². The molecule has 2 heterocycles. The first-order valence-electron chi connectivity index (χ1n) is 14.6. The molecule has 2 bridgehead atoms. The predicted octanol–water partition coefficient (Wildman–Crippen LogP) is 4.34. The molecule has 8 rings (SSSR count). The molecular formula is C34H31NO6. The van der Waals surface area contributed by atoms with Crippen molar-refractivity contribution in [2.45, 2.75) is 43.0 Å². The van der Waals surface area contributed by atoms with Crippen molar-refractivity contribution in [1.82, 2.24) is 5.32 Å². The van der Waals surface area contributed by atoms with Crippen LogP contribution in [0, 0.1) is 23.7 Å². The van der Waals surface area contributed by atoms with Gasteiger partial charge in [-0.05, 0) is 47.3 Å². The van der Waals surface area contributed by atoms with Crippen molar-refractivity contribution < 1.29 is 28.6 Å². The minimum atomic E-state index is -0.753. The molecule has 6 unspecified atom stereocenters. The molecule has 41 heavy (non-hydrogen) atoms. The number of nitrogens with one attached hydrogen (secondary N) is 1. The summed E-state index contributed by atoms with van der Waals surface area (Å²) < 4.78 is 18.5. The number of piperidine rings is 1. The number of fused-ring (bicyclic) bond motifs is 4. The van der Waals surface area contributed by atoms with E-state index in [1.165, 1.54) is 0 Å². The summed E-state index contributed by atoms with van der Waals surface area (Å²) >= 11 is 0. The molecule has 5 aliphatic rings. The van der Waals surface area contributed by atoms with Crippen LogP contribution in [0.5, 0.6) is 0 Å². The average Bonchev–Trinajstić information content (AvgIpc) is 3.72. The van der Waals surface area contributed by atoms with Crippen LogP contribution in [0.4, 0.5) is 0 Å². The predicted molar refractivity (Wildman–Crippen MR) is 148 cm³/mol. The van der Waals surface area contributed by atoms with Gasteiger partial charge in [-0.1, -0.05) is 78.9 Å². The minimum absolute atomic E-state index is 0.147. The zero-order chi connectivity index (χ0) is 27.7. The third-order valence-electron chi connectivity index (χ3n) is 10.1. The van der Waals surface area contributed by atoms with Gasteiger partial charge in [-0.25, -0.2) is 0 Å². The first-order valence-corrected chi connectivity index (χ1v) is 14.6. The van der Waals surface area contributed by atoms with Crippen LogP contribution < -0.4 is 5.32 Å². The van der Waals surface area contributed by atoms with Crippen LogP contribution in [0.15, 0.2) is 78.9 Å². The van der Waals surface area contributed by atoms with Gasteiger partial charge in [-0.2, -0.15) is 0 Å². The summed E-state index contributed by atoms with van der Waals surface area (Å²) in [6.07, 6.45) is 0.726. The highest BCUT2D eigenvalue weighted by molar-refractivity contribution is 5.94. The van der Waals surface area contributed by atoms with Gasteiger partial charge in [-0.15, -0.1) is 0 Å². The van der Waals surface area contributed by atoms with Crippen molar-refractivity contribution in [2.75, 3.05) is 13.1 Å². The molecule has 3 aromatic carbocycles. The van der Waals surface area contributed by atoms with Crippen LogP contribution in [0.3, 0.4) is 0 Å². The summed E-state index contributed by atoms with van der Waals surface area (Å²) in [6, 6.07) is 25.7. The number of hydrogen-bond acceptors (Lipinski definition) is 7. The van der Waals surface area contributed by atoms with E-state index in [2.05, 4.69) is 5.32 Å². The molecule has 2 saturated heterocycles. The zero-order valence-corrected chi connectivity index (χ0v) is 22.5. The highest BCUT2D eigenvalue weighted by atomic mass is 16.6. The Morgan fingerprint density at radius 3 is 2.12 bits per heavy atom. The summed E-state index contributed by atoms with van der Waals surface area (Å²) in [6.45, 7) is 1.47. The molecule has 1 N–H and O–H groups in total. The largest absolute Gasteiger partial charge is 0.458 e. The smallest absolute Gasteiger partial charge is 0.318 e. The van der Waals surface area contributed by atoms with Crippen LogP contribution in [0.1, 0.15) is 41.9 Å². The lowest BCUT2D eigenvalue weighted by Gasteiger charge is -2.39. The normalized spacial score (nSPS) is 30.4. The molecule has 0 spiro atoms. The van der Waals surface area contributed by atoms with Gasteiger partial charge in [0.1, 0.15) is 23.7 Å². The van der Waals surface area contributed by atoms with Crippen LogP contribution in [-0.2, 0) is 34.2 Å². The molecule has 7 nitrogen and oxygen atoms in total. The van der Waals surface area contributed by atoms with Gasteiger partial charge in [0.2, 0.25) is 0 Å². The van der Waals surface area contributed by atoms with Gasteiger partial charge in [0.05, 0.1) is 11.8 Å². The van der Waals surface area contributed by atoms with E-state index < -0.39 is 35.6 Å². The van der Waals surface area contributed by atoms with Gasteiger partial charge in [0.25, 0.3) is 0 Å². The van der Waals surface area contributed by atoms with Crippen molar-refractivity contribution >= 4 is 17.9 Å². The summed E-state index contributed by atoms with van der Waals surface area (Å²) in [4.78, 5) is 41.0. The number of rotatable bonds is 5. The van der Waals surface area contributed by atoms with Gasteiger partial charge in [0.15, 0.2) is 0 Å². The van der Waals surface area contributed by atoms with E-state index in [4.69, 9.17) is 14.2 Å². The van der Waals surface area contributed by atoms with Crippen molar-refractivity contribution in [2.24, 2.45) is 23.7 Å². The molecule has 3 aliphatic carbocycles. The Morgan fingerprint density at radius 2 is 1.44 bits per heavy atom. The molecule has 0 aromatic heterocycles. The monoisotopic (exact) mass is 549 g/mol. The summed E-state index contributed by atoms with van der Waals surface area (Å²) in [7, 11) is 0. The van der Waals surface area contributed by atoms with Crippen LogP contribution in [-0.4, -0.2) is 43.2 Å². The van der Waals surface area contributed by atoms with E-state index in [9.17, 15) is 14.4 Å². The quantitative estimate of drug-likeness (QED) is 0.374. The maximum Gasteiger partial charge on any atom is 0.318 e. The number of carbonyl (C=O) groups is 3. The molecule has 4 fully saturated rings. The number of carbonyl (C=O) groups excluding carboxylic acids is 3. The summed E-state index contributed by atoms with van der Waals surface area (Å²) in [5.74, 6) is -3.40. The number of benzene rings is 3. The van der Waals surface area contributed by atoms with E-state index in [-0.39, 0.29) is 29.7 Å². The Hall–Kier alpha value is -3.97. The molecule has 0 radical (unpaired) electrons. The fourth-order valence-corrected chi connectivity index (χ4v) is 8.36. The lowest BCUT2D eigenvalue weighted by atomic mass is 9.77. The first-order chi connectivity index (χ1) is 20.1. The third-order valence-corrected chi connectivity index (χ3v) is 10.1. The number of esters is 3. The fourth-order valence-electron chi connectivity index (χ4n) is 8.36. The maximum absolute atomic E-state index is 14.0. The topological polar surface area (TPSA) is 90.9 Å². The minimum Gasteiger partial charge on any atom is -0.458 e. The molecule has 6 atom stereocenters. The van der Waals surface area contributed by atoms with Crippen molar-refractivity contribution in [1.29, 1.82) is 0 Å². The van der Waals surface area contributed by atoms with E-state index >= 15 is 0 Å². The van der Waals surface area contributed by atoms with Crippen molar-refractivity contribution in [3.63, 3.8) is 0 Å². The van der Waals surface area contributed by atoms with Gasteiger partial charge in [0, 0.05) is 24.7 Å². The standard InChI is InChI=1S/C34H31NO6/c36-31(26-22-12-6-4-10-20(22)21-11-5-7-13-23(21)26)39-30-25-18-24-27(32(37)40-29(24)30)28(25)33(38)41-34(14-16-35-17-15-34)19-8-2-1-3-9-19/h1-13,24-30,35H,14-18H2. The Bertz CT molecular complexity index is 1500. The Kier molecular flexibility index (Phi) is 5.61. The van der Waals surface area contributed by atoms with Crippen molar-refractivity contribution in [3.05, 3.63) is 95.6 Å². The highest BCUT2D eigenvalue weighted by Gasteiger charge is 2.70. The van der Waals surface area contributed by atoms with E-state index in [0.29, 0.717) is 19.3 Å². The lowest BCUT2D eigenvalue weighted by Crippen LogP contribution is -2.48. The van der Waals surface area contributed by atoms with Gasteiger partial charge in [-0.3, -0.25) is 14.4 Å². The molecule has 0 amide bonds. The lowest BCUT2D eigenvalue weighted by molar-refractivity contribution is -0.178. The van der Waals surface area contributed by atoms with E-state index in [0.717, 1.165) is 40.9 Å². The van der Waals surface area contributed by atoms with E-state index in [1.807, 2.05) is 78.9 Å². The maximum atomic E-state index is 14.0. The second-order valence-corrected chi connectivity index (χ2v) is 12.1. The Morgan fingerprint density at radius 1 is 0.805 bits per heavy atom. The van der Waals surface area contributed by atoms with Gasteiger partial charge < -0.3 is 19.5 Å². The van der Waals surface area contributed by atoms with Crippen LogP contribution in [0.2, 0.25) is 0 Å². The zero-order valence-electron chi connectivity index (χ0n) is 22.5. The molecule has 2 aliphatic heterocycles. The Balaban J connectivity index is 1.08. The van der Waals surface area contributed by atoms with Crippen LogP contribution >= 0.6 is 0 Å². The molecule has 7 heteroatoms. The highest BCUT2D eigenvalue weighted by Crippen LogP contribution is 2.60. The average molecular weight is 550 g/mol. The molecular weight excluding hydrogens is 518 g/mol. The third kappa shape index (κ3) is 3.64. The SMILES string of the molecule is O=C(OC1C2CC3C1OC(=O)C3C2C(=O)OC1(c2ccccc2)CCNCC1)C1c2ccccc2-c2ccccc21. The molecule has 2 saturated carbocycles. The molecule has 208 valence electrons. The Labute approximate surface area is 238 Å².